The second kappa shape index (κ2) is 9.83. The van der Waals surface area contributed by atoms with Crippen LogP contribution < -0.4 is 15.2 Å². The van der Waals surface area contributed by atoms with Gasteiger partial charge in [-0.05, 0) is 73.9 Å². The van der Waals surface area contributed by atoms with E-state index in [4.69, 9.17) is 4.74 Å². The van der Waals surface area contributed by atoms with Gasteiger partial charge in [0.05, 0.1) is 23.4 Å². The molecule has 1 amide bonds. The third-order valence-electron chi connectivity index (χ3n) is 7.61. The van der Waals surface area contributed by atoms with Gasteiger partial charge < -0.3 is 9.64 Å². The first-order valence-electron chi connectivity index (χ1n) is 13.2. The smallest absolute Gasteiger partial charge is 0.265 e. The summed E-state index contributed by atoms with van der Waals surface area (Å²) in [5.74, 6) is 0.224. The molecule has 0 fully saturated rings. The van der Waals surface area contributed by atoms with Crippen LogP contribution in [0.25, 0.3) is 21.3 Å². The van der Waals surface area contributed by atoms with Crippen LogP contribution in [0.1, 0.15) is 60.6 Å². The van der Waals surface area contributed by atoms with Crippen molar-refractivity contribution < 1.29 is 14.3 Å². The van der Waals surface area contributed by atoms with Crippen molar-refractivity contribution in [1.82, 2.24) is 9.55 Å². The van der Waals surface area contributed by atoms with Crippen LogP contribution in [0.3, 0.4) is 0 Å². The van der Waals surface area contributed by atoms with E-state index in [1.807, 2.05) is 12.3 Å². The number of carbonyl (C=O) groups is 2. The van der Waals surface area contributed by atoms with Crippen molar-refractivity contribution in [2.24, 2.45) is 0 Å². The fourth-order valence-corrected chi connectivity index (χ4v) is 6.43. The normalized spacial score (nSPS) is 15.6. The van der Waals surface area contributed by atoms with Crippen molar-refractivity contribution in [3.63, 3.8) is 0 Å². The van der Waals surface area contributed by atoms with E-state index in [1.54, 1.807) is 30.0 Å². The van der Waals surface area contributed by atoms with Gasteiger partial charge in [0, 0.05) is 23.1 Å². The predicted octanol–water partition coefficient (Wildman–Crippen LogP) is 5.58. The van der Waals surface area contributed by atoms with E-state index >= 15 is 0 Å². The SMILES string of the molecule is CCCN1C(=O)COc2ccc(C(=O)C(C)n3cnc4scc(-c5ccc6c(c5)CCCC6)c4c3=O)cc21. The van der Waals surface area contributed by atoms with E-state index in [2.05, 4.69) is 23.2 Å². The Hall–Kier alpha value is -3.78. The molecular formula is C30H29N3O4S. The lowest BCUT2D eigenvalue weighted by atomic mass is 9.89. The molecule has 0 N–H and O–H groups in total. The Bertz CT molecular complexity index is 1640. The fourth-order valence-electron chi connectivity index (χ4n) is 5.53. The van der Waals surface area contributed by atoms with Gasteiger partial charge in [0.1, 0.15) is 10.6 Å². The highest BCUT2D eigenvalue weighted by Crippen LogP contribution is 2.35. The Labute approximate surface area is 224 Å². The standard InChI is InChI=1S/C30H29N3O4S/c1-3-12-32-24-14-22(10-11-25(24)37-15-26(32)34)28(35)18(2)33-17-31-29-27(30(33)36)23(16-38-29)21-9-8-19-6-4-5-7-20(19)13-21/h8-11,13-14,16-18H,3-7,12,15H2,1-2H3. The van der Waals surface area contributed by atoms with Gasteiger partial charge >= 0.3 is 0 Å². The Balaban J connectivity index is 1.36. The van der Waals surface area contributed by atoms with Gasteiger partial charge in [-0.15, -0.1) is 11.3 Å². The number of ether oxygens (including phenoxy) is 1. The Morgan fingerprint density at radius 2 is 1.92 bits per heavy atom. The molecule has 1 atom stereocenters. The van der Waals surface area contributed by atoms with Crippen molar-refractivity contribution >= 4 is 38.9 Å². The lowest BCUT2D eigenvalue weighted by Crippen LogP contribution is -2.39. The first-order valence-corrected chi connectivity index (χ1v) is 14.1. The number of fused-ring (bicyclic) bond motifs is 3. The molecule has 38 heavy (non-hydrogen) atoms. The fraction of sp³-hybridized carbons (Fsp3) is 0.333. The molecule has 0 radical (unpaired) electrons. The summed E-state index contributed by atoms with van der Waals surface area (Å²) in [5.41, 5.74) is 5.41. The van der Waals surface area contributed by atoms with Crippen LogP contribution in [0.15, 0.2) is 52.9 Å². The van der Waals surface area contributed by atoms with E-state index in [1.165, 1.54) is 46.2 Å². The number of aromatic nitrogens is 2. The first-order chi connectivity index (χ1) is 18.5. The molecule has 194 valence electrons. The Morgan fingerprint density at radius 3 is 2.74 bits per heavy atom. The Kier molecular flexibility index (Phi) is 6.35. The molecule has 0 saturated carbocycles. The summed E-state index contributed by atoms with van der Waals surface area (Å²) in [5, 5.41) is 2.54. The number of nitrogens with zero attached hydrogens (tertiary/aromatic N) is 3. The van der Waals surface area contributed by atoms with Crippen LogP contribution in [0.4, 0.5) is 5.69 Å². The van der Waals surface area contributed by atoms with Crippen LogP contribution in [0.2, 0.25) is 0 Å². The summed E-state index contributed by atoms with van der Waals surface area (Å²) in [7, 11) is 0. The molecule has 2 aromatic heterocycles. The van der Waals surface area contributed by atoms with Crippen LogP contribution in [0.5, 0.6) is 5.75 Å². The number of benzene rings is 2. The molecule has 3 heterocycles. The zero-order valence-corrected chi connectivity index (χ0v) is 22.3. The Morgan fingerprint density at radius 1 is 1.11 bits per heavy atom. The van der Waals surface area contributed by atoms with Crippen LogP contribution >= 0.6 is 11.3 Å². The number of amides is 1. The number of aryl methyl sites for hydroxylation is 2. The minimum atomic E-state index is -0.770. The molecule has 7 nitrogen and oxygen atoms in total. The maximum atomic E-state index is 13.8. The second-order valence-corrected chi connectivity index (χ2v) is 10.9. The molecular weight excluding hydrogens is 498 g/mol. The zero-order chi connectivity index (χ0) is 26.4. The molecule has 0 spiro atoms. The molecule has 1 aliphatic carbocycles. The van der Waals surface area contributed by atoms with Gasteiger partial charge in [0.15, 0.2) is 12.4 Å². The lowest BCUT2D eigenvalue weighted by molar-refractivity contribution is -0.121. The topological polar surface area (TPSA) is 81.5 Å². The lowest BCUT2D eigenvalue weighted by Gasteiger charge is -2.29. The number of rotatable bonds is 6. The van der Waals surface area contributed by atoms with E-state index < -0.39 is 6.04 Å². The van der Waals surface area contributed by atoms with Crippen molar-refractivity contribution in [2.75, 3.05) is 18.1 Å². The highest BCUT2D eigenvalue weighted by atomic mass is 32.1. The molecule has 0 bridgehead atoms. The molecule has 2 aromatic carbocycles. The molecule has 1 unspecified atom stereocenters. The van der Waals surface area contributed by atoms with Gasteiger partial charge in [0.25, 0.3) is 11.5 Å². The minimum absolute atomic E-state index is 0.00896. The van der Waals surface area contributed by atoms with Gasteiger partial charge in [-0.25, -0.2) is 4.98 Å². The summed E-state index contributed by atoms with van der Waals surface area (Å²) >= 11 is 1.45. The number of anilines is 1. The van der Waals surface area contributed by atoms with Crippen LogP contribution in [-0.4, -0.2) is 34.4 Å². The summed E-state index contributed by atoms with van der Waals surface area (Å²) < 4.78 is 6.99. The first kappa shape index (κ1) is 24.6. The van der Waals surface area contributed by atoms with Crippen molar-refractivity contribution in [1.29, 1.82) is 0 Å². The number of Topliss-reactive ketones (excluding diaryl/α,β-unsaturated/α-hetero) is 1. The summed E-state index contributed by atoms with van der Waals surface area (Å²) in [6.45, 7) is 4.25. The molecule has 0 saturated heterocycles. The van der Waals surface area contributed by atoms with E-state index in [0.29, 0.717) is 33.8 Å². The quantitative estimate of drug-likeness (QED) is 0.306. The molecule has 6 rings (SSSR count). The third-order valence-corrected chi connectivity index (χ3v) is 8.50. The molecule has 4 aromatic rings. The van der Waals surface area contributed by atoms with E-state index in [-0.39, 0.29) is 23.9 Å². The number of thiophene rings is 1. The summed E-state index contributed by atoms with van der Waals surface area (Å²) in [6, 6.07) is 10.8. The second-order valence-electron chi connectivity index (χ2n) is 10.0. The summed E-state index contributed by atoms with van der Waals surface area (Å²) in [4.78, 5) is 46.6. The van der Waals surface area contributed by atoms with Gasteiger partial charge in [-0.3, -0.25) is 19.0 Å². The largest absolute Gasteiger partial charge is 0.482 e. The van der Waals surface area contributed by atoms with Gasteiger partial charge in [-0.1, -0.05) is 25.1 Å². The molecule has 2 aliphatic rings. The van der Waals surface area contributed by atoms with Gasteiger partial charge in [0.2, 0.25) is 0 Å². The number of ketones is 1. The van der Waals surface area contributed by atoms with E-state index in [9.17, 15) is 14.4 Å². The van der Waals surface area contributed by atoms with Crippen molar-refractivity contribution in [2.45, 2.75) is 52.0 Å². The number of hydrogen-bond donors (Lipinski definition) is 0. The van der Waals surface area contributed by atoms with Crippen LogP contribution in [-0.2, 0) is 17.6 Å². The predicted molar refractivity (Wildman–Crippen MR) is 150 cm³/mol. The monoisotopic (exact) mass is 527 g/mol. The van der Waals surface area contributed by atoms with Crippen molar-refractivity contribution in [3.05, 3.63) is 75.1 Å². The highest BCUT2D eigenvalue weighted by Gasteiger charge is 2.28. The average Bonchev–Trinajstić information content (AvgIpc) is 3.39. The number of carbonyl (C=O) groups excluding carboxylic acids is 2. The zero-order valence-electron chi connectivity index (χ0n) is 21.5. The number of hydrogen-bond acceptors (Lipinski definition) is 6. The maximum Gasteiger partial charge on any atom is 0.265 e. The minimum Gasteiger partial charge on any atom is -0.482 e. The average molecular weight is 528 g/mol. The summed E-state index contributed by atoms with van der Waals surface area (Å²) in [6.07, 6.45) is 6.83. The van der Waals surface area contributed by atoms with Crippen LogP contribution in [0, 0.1) is 0 Å². The van der Waals surface area contributed by atoms with Crippen molar-refractivity contribution in [3.8, 4) is 16.9 Å². The van der Waals surface area contributed by atoms with E-state index in [0.717, 1.165) is 30.4 Å². The van der Waals surface area contributed by atoms with Gasteiger partial charge in [-0.2, -0.15) is 0 Å². The molecule has 8 heteroatoms. The third kappa shape index (κ3) is 4.13. The highest BCUT2D eigenvalue weighted by molar-refractivity contribution is 7.17. The molecule has 1 aliphatic heterocycles. The maximum absolute atomic E-state index is 13.8.